The minimum Gasteiger partial charge on any atom is -0.404 e. The highest BCUT2D eigenvalue weighted by molar-refractivity contribution is 7.16. The first kappa shape index (κ1) is 14.7. The lowest BCUT2D eigenvalue weighted by atomic mass is 10.0. The zero-order chi connectivity index (χ0) is 15.5. The molecule has 2 aromatic heterocycles. The Bertz CT molecular complexity index is 860. The smallest absolute Gasteiger partial charge is 0.348 e. The van der Waals surface area contributed by atoms with Gasteiger partial charge in [0.25, 0.3) is 0 Å². The van der Waals surface area contributed by atoms with E-state index in [9.17, 15) is 4.79 Å². The summed E-state index contributed by atoms with van der Waals surface area (Å²) >= 11 is 1.50. The molecule has 0 radical (unpaired) electrons. The molecule has 22 heavy (non-hydrogen) atoms. The molecule has 0 amide bonds. The molecule has 2 heterocycles. The number of rotatable bonds is 4. The molecule has 0 aliphatic heterocycles. The van der Waals surface area contributed by atoms with Gasteiger partial charge in [0.2, 0.25) is 5.89 Å². The van der Waals surface area contributed by atoms with Crippen LogP contribution in [0, 0.1) is 5.92 Å². The highest BCUT2D eigenvalue weighted by atomic mass is 32.1. The lowest BCUT2D eigenvalue weighted by molar-refractivity contribution is 0.490. The normalized spacial score (nSPS) is 11.8. The van der Waals surface area contributed by atoms with Crippen LogP contribution in [-0.4, -0.2) is 4.98 Å². The maximum absolute atomic E-state index is 12.2. The fraction of sp³-hybridized carbons (Fsp3) is 0.222. The zero-order valence-corrected chi connectivity index (χ0v) is 13.4. The number of hydrogen-bond donors (Lipinski definition) is 0. The van der Waals surface area contributed by atoms with Crippen LogP contribution in [-0.2, 0) is 6.42 Å². The first-order chi connectivity index (χ1) is 10.6. The first-order valence-corrected chi connectivity index (χ1v) is 8.16. The lowest BCUT2D eigenvalue weighted by Gasteiger charge is -2.01. The monoisotopic (exact) mass is 311 g/mol. The molecule has 0 aliphatic carbocycles. The fourth-order valence-electron chi connectivity index (χ4n) is 2.34. The molecule has 0 saturated heterocycles. The van der Waals surface area contributed by atoms with Crippen molar-refractivity contribution >= 4 is 33.7 Å². The van der Waals surface area contributed by atoms with Crippen molar-refractivity contribution in [2.24, 2.45) is 5.92 Å². The van der Waals surface area contributed by atoms with Crippen molar-refractivity contribution in [1.82, 2.24) is 4.98 Å². The Labute approximate surface area is 132 Å². The molecule has 0 aliphatic rings. The molecule has 0 N–H and O–H groups in total. The Morgan fingerprint density at radius 3 is 2.73 bits per heavy atom. The number of thiophene rings is 1. The van der Waals surface area contributed by atoms with Crippen LogP contribution in [0.2, 0.25) is 0 Å². The summed E-state index contributed by atoms with van der Waals surface area (Å²) in [5.74, 6) is 0.842. The molecule has 3 rings (SSSR count). The van der Waals surface area contributed by atoms with Crippen LogP contribution >= 0.6 is 11.3 Å². The second kappa shape index (κ2) is 6.28. The van der Waals surface area contributed by atoms with E-state index in [2.05, 4.69) is 18.8 Å². The summed E-state index contributed by atoms with van der Waals surface area (Å²) in [5, 5.41) is 2.65. The van der Waals surface area contributed by atoms with E-state index in [0.29, 0.717) is 17.2 Å². The summed E-state index contributed by atoms with van der Waals surface area (Å²) in [6.45, 7) is 4.27. The predicted octanol–water partition coefficient (Wildman–Crippen LogP) is 4.62. The molecule has 0 bridgehead atoms. The third-order valence-electron chi connectivity index (χ3n) is 3.31. The van der Waals surface area contributed by atoms with E-state index in [-0.39, 0.29) is 5.63 Å². The average molecular weight is 311 g/mol. The summed E-state index contributed by atoms with van der Waals surface area (Å²) < 4.78 is 5.35. The van der Waals surface area contributed by atoms with Gasteiger partial charge in [-0.3, -0.25) is 0 Å². The molecule has 0 fully saturated rings. The topological polar surface area (TPSA) is 43.1 Å². The van der Waals surface area contributed by atoms with Gasteiger partial charge < -0.3 is 4.42 Å². The predicted molar refractivity (Wildman–Crippen MR) is 92.1 cm³/mol. The van der Waals surface area contributed by atoms with Crippen molar-refractivity contribution in [3.05, 3.63) is 63.1 Å². The molecule has 0 unspecified atom stereocenters. The third kappa shape index (κ3) is 3.17. The van der Waals surface area contributed by atoms with Crippen molar-refractivity contribution in [1.29, 1.82) is 0 Å². The van der Waals surface area contributed by atoms with Gasteiger partial charge in [0, 0.05) is 6.08 Å². The van der Waals surface area contributed by atoms with Crippen molar-refractivity contribution in [2.45, 2.75) is 20.3 Å². The Morgan fingerprint density at radius 1 is 1.23 bits per heavy atom. The number of fused-ring (bicyclic) bond motifs is 1. The summed E-state index contributed by atoms with van der Waals surface area (Å²) in [6.07, 6.45) is 4.49. The molecule has 112 valence electrons. The summed E-state index contributed by atoms with van der Waals surface area (Å²) in [6, 6.07) is 9.86. The maximum atomic E-state index is 12.2. The summed E-state index contributed by atoms with van der Waals surface area (Å²) in [4.78, 5) is 17.4. The van der Waals surface area contributed by atoms with Gasteiger partial charge in [0.15, 0.2) is 0 Å². The van der Waals surface area contributed by atoms with Crippen LogP contribution in [0.25, 0.3) is 22.4 Å². The minimum atomic E-state index is -0.297. The van der Waals surface area contributed by atoms with Crippen molar-refractivity contribution in [3.63, 3.8) is 0 Å². The van der Waals surface area contributed by atoms with Gasteiger partial charge in [0.05, 0.1) is 0 Å². The van der Waals surface area contributed by atoms with Crippen LogP contribution < -0.4 is 5.63 Å². The van der Waals surface area contributed by atoms with Crippen LogP contribution in [0.15, 0.2) is 44.9 Å². The quantitative estimate of drug-likeness (QED) is 0.706. The van der Waals surface area contributed by atoms with E-state index in [1.807, 2.05) is 41.8 Å². The second-order valence-electron chi connectivity index (χ2n) is 5.62. The molecule has 3 aromatic rings. The van der Waals surface area contributed by atoms with Crippen LogP contribution in [0.5, 0.6) is 0 Å². The van der Waals surface area contributed by atoms with E-state index in [0.717, 1.165) is 22.4 Å². The van der Waals surface area contributed by atoms with Gasteiger partial charge in [-0.15, -0.1) is 11.3 Å². The Kier molecular flexibility index (Phi) is 4.20. The van der Waals surface area contributed by atoms with E-state index < -0.39 is 0 Å². The van der Waals surface area contributed by atoms with E-state index in [1.54, 1.807) is 6.08 Å². The van der Waals surface area contributed by atoms with Gasteiger partial charge in [-0.25, -0.2) is 9.78 Å². The summed E-state index contributed by atoms with van der Waals surface area (Å²) in [5.41, 5.74) is 1.78. The van der Waals surface area contributed by atoms with Crippen LogP contribution in [0.1, 0.15) is 30.9 Å². The largest absolute Gasteiger partial charge is 0.404 e. The lowest BCUT2D eigenvalue weighted by Crippen LogP contribution is -2.04. The molecule has 4 heteroatoms. The number of aromatic nitrogens is 1. The van der Waals surface area contributed by atoms with Crippen molar-refractivity contribution in [3.8, 4) is 0 Å². The first-order valence-electron chi connectivity index (χ1n) is 7.28. The molecule has 0 spiro atoms. The average Bonchev–Trinajstić information content (AvgIpc) is 2.89. The highest BCUT2D eigenvalue weighted by Gasteiger charge is 2.13. The van der Waals surface area contributed by atoms with E-state index >= 15 is 0 Å². The van der Waals surface area contributed by atoms with Gasteiger partial charge in [-0.2, -0.15) is 0 Å². The zero-order valence-electron chi connectivity index (χ0n) is 12.6. The van der Waals surface area contributed by atoms with Crippen LogP contribution in [0.4, 0.5) is 0 Å². The molecule has 3 nitrogen and oxygen atoms in total. The van der Waals surface area contributed by atoms with Crippen LogP contribution in [0.3, 0.4) is 0 Å². The molecule has 0 atom stereocenters. The maximum Gasteiger partial charge on any atom is 0.348 e. The highest BCUT2D eigenvalue weighted by Crippen LogP contribution is 2.24. The van der Waals surface area contributed by atoms with Gasteiger partial charge >= 0.3 is 5.63 Å². The molecule has 0 saturated carbocycles. The SMILES string of the molecule is CC(C)Cc1csc2nc(C=Cc3ccccc3)oc(=O)c12. The fourth-order valence-corrected chi connectivity index (χ4v) is 3.29. The number of benzene rings is 1. The third-order valence-corrected chi connectivity index (χ3v) is 4.23. The van der Waals surface area contributed by atoms with Crippen molar-refractivity contribution in [2.75, 3.05) is 0 Å². The standard InChI is InChI=1S/C18H17NO2S/c1-12(2)10-14-11-22-17-16(14)18(20)21-15(19-17)9-8-13-6-4-3-5-7-13/h3-9,11-12H,10H2,1-2H3. The van der Waals surface area contributed by atoms with E-state index in [4.69, 9.17) is 4.42 Å². The minimum absolute atomic E-state index is 0.297. The second-order valence-corrected chi connectivity index (χ2v) is 6.48. The number of nitrogens with zero attached hydrogens (tertiary/aromatic N) is 1. The van der Waals surface area contributed by atoms with Crippen molar-refractivity contribution < 1.29 is 4.42 Å². The Balaban J connectivity index is 1.97. The number of hydrogen-bond acceptors (Lipinski definition) is 4. The van der Waals surface area contributed by atoms with E-state index in [1.165, 1.54) is 11.3 Å². The van der Waals surface area contributed by atoms with Gasteiger partial charge in [-0.1, -0.05) is 44.2 Å². The Hall–Kier alpha value is -2.20. The molecule has 1 aromatic carbocycles. The van der Waals surface area contributed by atoms with Gasteiger partial charge in [-0.05, 0) is 34.9 Å². The summed E-state index contributed by atoms with van der Waals surface area (Å²) in [7, 11) is 0. The molecular weight excluding hydrogens is 294 g/mol. The Morgan fingerprint density at radius 2 is 2.00 bits per heavy atom. The van der Waals surface area contributed by atoms with Gasteiger partial charge in [0.1, 0.15) is 10.2 Å². The molecular formula is C18H17NO2S.